The van der Waals surface area contributed by atoms with Crippen LogP contribution in [0.25, 0.3) is 16.7 Å². The van der Waals surface area contributed by atoms with E-state index in [1.165, 1.54) is 12.1 Å². The van der Waals surface area contributed by atoms with Gasteiger partial charge >= 0.3 is 0 Å². The second-order valence-electron chi connectivity index (χ2n) is 4.24. The topological polar surface area (TPSA) is 20.7 Å². The average molecular weight is 427 g/mol. The van der Waals surface area contributed by atoms with Gasteiger partial charge in [-0.3, -0.25) is 4.57 Å². The first-order valence-electron chi connectivity index (χ1n) is 5.64. The minimum absolute atomic E-state index is 0.0193. The van der Waals surface area contributed by atoms with Crippen LogP contribution in [0.2, 0.25) is 15.1 Å². The number of rotatable bonds is 1. The molecular formula is C13H5BrCl3FN2S. The molecule has 0 atom stereocenters. The Morgan fingerprint density at radius 2 is 1.86 bits per heavy atom. The molecule has 3 aromatic rings. The Labute approximate surface area is 147 Å². The van der Waals surface area contributed by atoms with Crippen LogP contribution in [-0.2, 0) is 0 Å². The minimum Gasteiger partial charge on any atom is -0.330 e. The van der Waals surface area contributed by atoms with Crippen LogP contribution in [0.3, 0.4) is 0 Å². The highest BCUT2D eigenvalue weighted by molar-refractivity contribution is 9.10. The summed E-state index contributed by atoms with van der Waals surface area (Å²) in [6.45, 7) is 0. The van der Waals surface area contributed by atoms with Crippen molar-refractivity contribution >= 4 is 74.0 Å². The molecule has 0 aliphatic carbocycles. The molecule has 0 amide bonds. The predicted molar refractivity (Wildman–Crippen MR) is 91.1 cm³/mol. The lowest BCUT2D eigenvalue weighted by Crippen LogP contribution is -1.96. The summed E-state index contributed by atoms with van der Waals surface area (Å²) in [4.78, 5) is 2.97. The van der Waals surface area contributed by atoms with Crippen molar-refractivity contribution in [3.8, 4) is 5.69 Å². The van der Waals surface area contributed by atoms with Gasteiger partial charge in [0.25, 0.3) is 0 Å². The van der Waals surface area contributed by atoms with Crippen LogP contribution in [0.1, 0.15) is 0 Å². The summed E-state index contributed by atoms with van der Waals surface area (Å²) in [6.07, 6.45) is 0. The van der Waals surface area contributed by atoms with Crippen molar-refractivity contribution in [1.82, 2.24) is 9.55 Å². The zero-order valence-electron chi connectivity index (χ0n) is 10.1. The largest absolute Gasteiger partial charge is 0.330 e. The average Bonchev–Trinajstić information content (AvgIpc) is 2.73. The highest BCUT2D eigenvalue weighted by Gasteiger charge is 2.15. The van der Waals surface area contributed by atoms with Crippen LogP contribution >= 0.6 is 63.0 Å². The Hall–Kier alpha value is -0.590. The molecule has 0 saturated carbocycles. The third kappa shape index (κ3) is 2.51. The standard InChI is InChI=1S/C13H5BrCl3FN2S/c14-5-1-2-9(12(17)11(5)16)20-10-4-7(18)6(15)3-8(10)19-13(20)21/h1-4H,(H,19,21). The molecule has 8 heteroatoms. The lowest BCUT2D eigenvalue weighted by Gasteiger charge is -2.09. The molecule has 108 valence electrons. The van der Waals surface area contributed by atoms with E-state index in [1.807, 2.05) is 0 Å². The summed E-state index contributed by atoms with van der Waals surface area (Å²) >= 11 is 26.8. The van der Waals surface area contributed by atoms with Crippen LogP contribution in [0, 0.1) is 10.6 Å². The number of nitrogens with one attached hydrogen (secondary N) is 1. The van der Waals surface area contributed by atoms with Gasteiger partial charge in [0, 0.05) is 10.5 Å². The fourth-order valence-corrected chi connectivity index (χ4v) is 3.35. The van der Waals surface area contributed by atoms with Gasteiger partial charge < -0.3 is 4.98 Å². The van der Waals surface area contributed by atoms with Crippen LogP contribution in [0.4, 0.5) is 4.39 Å². The van der Waals surface area contributed by atoms with E-state index in [9.17, 15) is 4.39 Å². The predicted octanol–water partition coefficient (Wildman–Crippen LogP) is 6.55. The van der Waals surface area contributed by atoms with Crippen molar-refractivity contribution < 1.29 is 4.39 Å². The molecule has 3 rings (SSSR count). The molecule has 2 nitrogen and oxygen atoms in total. The van der Waals surface area contributed by atoms with Gasteiger partial charge in [-0.05, 0) is 46.3 Å². The Morgan fingerprint density at radius 3 is 2.57 bits per heavy atom. The van der Waals surface area contributed by atoms with Crippen molar-refractivity contribution in [3.63, 3.8) is 0 Å². The molecule has 1 heterocycles. The quantitative estimate of drug-likeness (QED) is 0.346. The number of halogens is 5. The number of hydrogen-bond donors (Lipinski definition) is 1. The van der Waals surface area contributed by atoms with Crippen LogP contribution < -0.4 is 0 Å². The number of aromatic amines is 1. The highest BCUT2D eigenvalue weighted by atomic mass is 79.9. The first-order valence-corrected chi connectivity index (χ1v) is 7.97. The smallest absolute Gasteiger partial charge is 0.182 e. The van der Waals surface area contributed by atoms with Crippen molar-refractivity contribution in [3.05, 3.63) is 54.4 Å². The second-order valence-corrected chi connectivity index (χ2v) is 6.65. The Bertz CT molecular complexity index is 935. The number of imidazole rings is 1. The normalized spacial score (nSPS) is 11.3. The monoisotopic (exact) mass is 424 g/mol. The number of hydrogen-bond acceptors (Lipinski definition) is 1. The maximum Gasteiger partial charge on any atom is 0.182 e. The van der Waals surface area contributed by atoms with Crippen LogP contribution in [-0.4, -0.2) is 9.55 Å². The van der Waals surface area contributed by atoms with Gasteiger partial charge in [-0.1, -0.05) is 34.8 Å². The van der Waals surface area contributed by atoms with Gasteiger partial charge in [0.1, 0.15) is 5.82 Å². The molecule has 0 radical (unpaired) electrons. The molecule has 21 heavy (non-hydrogen) atoms. The summed E-state index contributed by atoms with van der Waals surface area (Å²) in [5, 5.41) is 0.698. The molecule has 1 N–H and O–H groups in total. The maximum absolute atomic E-state index is 13.7. The van der Waals surface area contributed by atoms with E-state index >= 15 is 0 Å². The van der Waals surface area contributed by atoms with Gasteiger partial charge in [-0.2, -0.15) is 0 Å². The number of aromatic nitrogens is 2. The molecule has 0 unspecified atom stereocenters. The third-order valence-corrected chi connectivity index (χ3v) is 5.32. The van der Waals surface area contributed by atoms with Crippen molar-refractivity contribution in [1.29, 1.82) is 0 Å². The van der Waals surface area contributed by atoms with Crippen molar-refractivity contribution in [2.24, 2.45) is 0 Å². The fraction of sp³-hybridized carbons (Fsp3) is 0. The van der Waals surface area contributed by atoms with Gasteiger partial charge in [0.15, 0.2) is 4.77 Å². The van der Waals surface area contributed by atoms with Crippen LogP contribution in [0.15, 0.2) is 28.7 Å². The third-order valence-electron chi connectivity index (χ3n) is 2.98. The van der Waals surface area contributed by atoms with E-state index in [4.69, 9.17) is 47.0 Å². The summed E-state index contributed by atoms with van der Waals surface area (Å²) < 4.78 is 16.4. The number of nitrogens with zero attached hydrogens (tertiary/aromatic N) is 1. The van der Waals surface area contributed by atoms with E-state index in [0.717, 1.165) is 0 Å². The first kappa shape index (κ1) is 15.3. The van der Waals surface area contributed by atoms with Crippen molar-refractivity contribution in [2.75, 3.05) is 0 Å². The van der Waals surface area contributed by atoms with Gasteiger partial charge in [-0.25, -0.2) is 4.39 Å². The Morgan fingerprint density at radius 1 is 1.14 bits per heavy atom. The number of H-pyrrole nitrogens is 1. The second kappa shape index (κ2) is 5.56. The van der Waals surface area contributed by atoms with Gasteiger partial charge in [0.05, 0.1) is 31.8 Å². The molecule has 0 saturated heterocycles. The highest BCUT2D eigenvalue weighted by Crippen LogP contribution is 2.36. The molecule has 0 spiro atoms. The van der Waals surface area contributed by atoms with Crippen molar-refractivity contribution in [2.45, 2.75) is 0 Å². The van der Waals surface area contributed by atoms with E-state index in [-0.39, 0.29) is 5.02 Å². The number of benzene rings is 2. The Kier molecular flexibility index (Phi) is 4.05. The zero-order chi connectivity index (χ0) is 15.3. The lowest BCUT2D eigenvalue weighted by atomic mass is 10.2. The molecule has 1 aromatic heterocycles. The van der Waals surface area contributed by atoms with E-state index < -0.39 is 5.82 Å². The summed E-state index contributed by atoms with van der Waals surface area (Å²) in [5.41, 5.74) is 1.70. The SMILES string of the molecule is Fc1cc2c(cc1Cl)[nH]c(=S)n2-c1ccc(Br)c(Cl)c1Cl. The van der Waals surface area contributed by atoms with E-state index in [1.54, 1.807) is 16.7 Å². The summed E-state index contributed by atoms with van der Waals surface area (Å²) in [5.74, 6) is -0.536. The summed E-state index contributed by atoms with van der Waals surface area (Å²) in [7, 11) is 0. The number of fused-ring (bicyclic) bond motifs is 1. The lowest BCUT2D eigenvalue weighted by molar-refractivity contribution is 0.629. The molecular weight excluding hydrogens is 421 g/mol. The Balaban J connectivity index is 2.41. The minimum atomic E-state index is -0.536. The maximum atomic E-state index is 13.7. The molecule has 0 aliphatic rings. The van der Waals surface area contributed by atoms with E-state index in [2.05, 4.69) is 20.9 Å². The molecule has 0 fully saturated rings. The molecule has 0 aliphatic heterocycles. The molecule has 2 aromatic carbocycles. The van der Waals surface area contributed by atoms with E-state index in [0.29, 0.717) is 36.0 Å². The van der Waals surface area contributed by atoms with Gasteiger partial charge in [-0.15, -0.1) is 0 Å². The van der Waals surface area contributed by atoms with Crippen LogP contribution in [0.5, 0.6) is 0 Å². The first-order chi connectivity index (χ1) is 9.90. The zero-order valence-corrected chi connectivity index (χ0v) is 14.7. The summed E-state index contributed by atoms with van der Waals surface area (Å²) in [6, 6.07) is 6.27. The molecule has 0 bridgehead atoms. The van der Waals surface area contributed by atoms with Gasteiger partial charge in [0.2, 0.25) is 0 Å². The fourth-order valence-electron chi connectivity index (χ4n) is 2.03.